The Morgan fingerprint density at radius 1 is 1.08 bits per heavy atom. The fraction of sp³-hybridized carbons (Fsp3) is 0.440. The minimum absolute atomic E-state index is 0.0120. The van der Waals surface area contributed by atoms with Crippen LogP contribution in [0.3, 0.4) is 0 Å². The first-order valence-electron chi connectivity index (χ1n) is 11.8. The number of alkyl halides is 3. The van der Waals surface area contributed by atoms with Gasteiger partial charge < -0.3 is 19.0 Å². The molecule has 3 heterocycles. The van der Waals surface area contributed by atoms with Crippen LogP contribution < -0.4 is 16.3 Å². The van der Waals surface area contributed by atoms with Crippen molar-refractivity contribution in [3.8, 4) is 11.3 Å². The van der Waals surface area contributed by atoms with Crippen LogP contribution in [0.5, 0.6) is 0 Å². The average Bonchev–Trinajstić information content (AvgIpc) is 3.27. The molecule has 12 heteroatoms. The van der Waals surface area contributed by atoms with Gasteiger partial charge in [-0.15, -0.1) is 0 Å². The number of benzene rings is 1. The van der Waals surface area contributed by atoms with Crippen molar-refractivity contribution in [2.75, 3.05) is 0 Å². The smallest absolute Gasteiger partial charge is 0.399 e. The summed E-state index contributed by atoms with van der Waals surface area (Å²) in [6, 6.07) is 3.81. The fourth-order valence-corrected chi connectivity index (χ4v) is 4.14. The van der Waals surface area contributed by atoms with Crippen molar-refractivity contribution in [1.82, 2.24) is 14.3 Å². The van der Waals surface area contributed by atoms with Gasteiger partial charge in [-0.1, -0.05) is 0 Å². The molecule has 0 bridgehead atoms. The van der Waals surface area contributed by atoms with Crippen molar-refractivity contribution < 1.29 is 31.7 Å². The molecule has 2 aromatic heterocycles. The Bertz CT molecular complexity index is 1410. The number of nitrogens with zero attached hydrogens (tertiary/aromatic N) is 2. The zero-order chi connectivity index (χ0) is 27.5. The van der Waals surface area contributed by atoms with E-state index >= 15 is 0 Å². The Kier molecular flexibility index (Phi) is 6.57. The molecule has 1 aromatic carbocycles. The second kappa shape index (κ2) is 9.02. The first kappa shape index (κ1) is 26.9. The van der Waals surface area contributed by atoms with E-state index in [1.807, 2.05) is 27.7 Å². The number of carbonyl (C=O) groups excluding carboxylic acids is 1. The van der Waals surface area contributed by atoms with E-state index in [-0.39, 0.29) is 22.8 Å². The molecule has 37 heavy (non-hydrogen) atoms. The molecule has 1 aliphatic rings. The highest BCUT2D eigenvalue weighted by molar-refractivity contribution is 6.62. The molecule has 0 radical (unpaired) electrons. The predicted molar refractivity (Wildman–Crippen MR) is 131 cm³/mol. The molecular weight excluding hydrogens is 493 g/mol. The van der Waals surface area contributed by atoms with Crippen LogP contribution in [0.1, 0.15) is 47.1 Å². The van der Waals surface area contributed by atoms with Crippen molar-refractivity contribution >= 4 is 24.0 Å². The summed E-state index contributed by atoms with van der Waals surface area (Å²) in [5.41, 5.74) is -2.71. The number of halogens is 4. The summed E-state index contributed by atoms with van der Waals surface area (Å²) in [6.07, 6.45) is -1.92. The second-order valence-corrected chi connectivity index (χ2v) is 10.5. The molecule has 0 saturated carbocycles. The maximum atomic E-state index is 14.0. The van der Waals surface area contributed by atoms with Crippen LogP contribution in [0.2, 0.25) is 0 Å². The monoisotopic (exact) mass is 521 g/mol. The van der Waals surface area contributed by atoms with Gasteiger partial charge in [0.2, 0.25) is 5.91 Å². The molecule has 1 amide bonds. The molecule has 0 atom stereocenters. The Morgan fingerprint density at radius 3 is 2.27 bits per heavy atom. The summed E-state index contributed by atoms with van der Waals surface area (Å²) in [4.78, 5) is 26.1. The summed E-state index contributed by atoms with van der Waals surface area (Å²) in [6.45, 7) is 10.6. The summed E-state index contributed by atoms with van der Waals surface area (Å²) < 4.78 is 68.9. The second-order valence-electron chi connectivity index (χ2n) is 10.5. The fourth-order valence-electron chi connectivity index (χ4n) is 4.14. The molecule has 1 saturated heterocycles. The first-order chi connectivity index (χ1) is 17.0. The molecule has 0 unspecified atom stereocenters. The highest BCUT2D eigenvalue weighted by atomic mass is 19.4. The van der Waals surface area contributed by atoms with Gasteiger partial charge in [-0.25, -0.2) is 4.39 Å². The number of aromatic nitrogens is 2. The largest absolute Gasteiger partial charge is 0.496 e. The number of fused-ring (bicyclic) bond motifs is 1. The van der Waals surface area contributed by atoms with Gasteiger partial charge in [0.05, 0.1) is 22.5 Å². The number of amides is 1. The summed E-state index contributed by atoms with van der Waals surface area (Å²) in [5.74, 6) is -1.94. The molecule has 1 aliphatic heterocycles. The Labute approximate surface area is 211 Å². The number of nitrogens with one attached hydrogen (secondary N) is 1. The molecule has 3 aromatic rings. The van der Waals surface area contributed by atoms with Crippen LogP contribution in [0, 0.1) is 5.82 Å². The van der Waals surface area contributed by atoms with Crippen LogP contribution in [-0.2, 0) is 26.8 Å². The Hall–Kier alpha value is -3.12. The lowest BCUT2D eigenvalue weighted by molar-refractivity contribution is -0.140. The predicted octanol–water partition coefficient (Wildman–Crippen LogP) is 3.75. The van der Waals surface area contributed by atoms with E-state index in [1.165, 1.54) is 10.6 Å². The van der Waals surface area contributed by atoms with E-state index in [1.54, 1.807) is 26.1 Å². The van der Waals surface area contributed by atoms with E-state index in [9.17, 15) is 27.2 Å². The first-order valence-corrected chi connectivity index (χ1v) is 11.8. The van der Waals surface area contributed by atoms with Crippen molar-refractivity contribution in [3.63, 3.8) is 0 Å². The number of hydrogen-bond acceptors (Lipinski definition) is 4. The molecule has 0 aliphatic carbocycles. The van der Waals surface area contributed by atoms with Gasteiger partial charge in [0.15, 0.2) is 0 Å². The molecule has 1 fully saturated rings. The Morgan fingerprint density at radius 2 is 1.70 bits per heavy atom. The zero-order valence-electron chi connectivity index (χ0n) is 21.4. The molecule has 7 nitrogen and oxygen atoms in total. The third-order valence-electron chi connectivity index (χ3n) is 6.73. The van der Waals surface area contributed by atoms with Gasteiger partial charge in [0, 0.05) is 29.5 Å². The van der Waals surface area contributed by atoms with E-state index in [0.29, 0.717) is 17.6 Å². The third-order valence-corrected chi connectivity index (χ3v) is 6.73. The van der Waals surface area contributed by atoms with Crippen LogP contribution in [0.4, 0.5) is 17.6 Å². The SMILES string of the molecule is CC(C)NC(=O)Cn1c(-c2ccc(F)c(C(F)(F)F)c2)cn2cc(B3OC(C)(C)C(C)(C)O3)cc2c1=O. The van der Waals surface area contributed by atoms with Crippen molar-refractivity contribution in [2.45, 2.75) is 71.5 Å². The van der Waals surface area contributed by atoms with Crippen LogP contribution in [-0.4, -0.2) is 39.2 Å². The minimum Gasteiger partial charge on any atom is -0.399 e. The minimum atomic E-state index is -4.94. The van der Waals surface area contributed by atoms with Crippen molar-refractivity contribution in [2.24, 2.45) is 0 Å². The maximum absolute atomic E-state index is 14.0. The summed E-state index contributed by atoms with van der Waals surface area (Å²) in [5, 5.41) is 2.67. The highest BCUT2D eigenvalue weighted by Crippen LogP contribution is 2.37. The lowest BCUT2D eigenvalue weighted by Gasteiger charge is -2.32. The van der Waals surface area contributed by atoms with Gasteiger partial charge in [-0.3, -0.25) is 14.2 Å². The van der Waals surface area contributed by atoms with Crippen LogP contribution >= 0.6 is 0 Å². The van der Waals surface area contributed by atoms with Gasteiger partial charge in [0.1, 0.15) is 17.9 Å². The van der Waals surface area contributed by atoms with Gasteiger partial charge in [-0.05, 0) is 65.8 Å². The lowest BCUT2D eigenvalue weighted by Crippen LogP contribution is -2.41. The number of hydrogen-bond donors (Lipinski definition) is 1. The van der Waals surface area contributed by atoms with Crippen LogP contribution in [0.25, 0.3) is 16.8 Å². The molecule has 0 spiro atoms. The lowest BCUT2D eigenvalue weighted by atomic mass is 9.81. The van der Waals surface area contributed by atoms with Crippen molar-refractivity contribution in [1.29, 1.82) is 0 Å². The maximum Gasteiger partial charge on any atom is 0.496 e. The normalized spacial score (nSPS) is 17.1. The summed E-state index contributed by atoms with van der Waals surface area (Å²) >= 11 is 0. The van der Waals surface area contributed by atoms with E-state index in [2.05, 4.69) is 5.32 Å². The van der Waals surface area contributed by atoms with E-state index in [0.717, 1.165) is 10.6 Å². The number of carbonyl (C=O) groups is 1. The number of rotatable bonds is 5. The topological polar surface area (TPSA) is 74.0 Å². The van der Waals surface area contributed by atoms with Crippen LogP contribution in [0.15, 0.2) is 41.5 Å². The molecule has 1 N–H and O–H groups in total. The Balaban J connectivity index is 1.89. The summed E-state index contributed by atoms with van der Waals surface area (Å²) in [7, 11) is -0.784. The highest BCUT2D eigenvalue weighted by Gasteiger charge is 2.52. The van der Waals surface area contributed by atoms with Crippen molar-refractivity contribution in [3.05, 3.63) is 58.4 Å². The van der Waals surface area contributed by atoms with E-state index in [4.69, 9.17) is 9.31 Å². The zero-order valence-corrected chi connectivity index (χ0v) is 21.4. The quantitative estimate of drug-likeness (QED) is 0.410. The van der Waals surface area contributed by atoms with Gasteiger partial charge in [0.25, 0.3) is 5.56 Å². The molecule has 198 valence electrons. The third kappa shape index (κ3) is 5.04. The van der Waals surface area contributed by atoms with Gasteiger partial charge in [-0.2, -0.15) is 13.2 Å². The molecule has 4 rings (SSSR count). The standard InChI is InChI=1S/C25H28BF4N3O4/c1-14(2)31-21(34)13-33-20(15-7-8-18(27)17(9-15)25(28,29)30)12-32-11-16(10-19(32)22(33)35)26-36-23(3,4)24(5,6)37-26/h7-12,14H,13H2,1-6H3,(H,31,34). The average molecular weight is 521 g/mol. The molecular formula is C25H28BF4N3O4. The van der Waals surface area contributed by atoms with Gasteiger partial charge >= 0.3 is 13.3 Å². The van der Waals surface area contributed by atoms with E-state index < -0.39 is 53.9 Å².